The van der Waals surface area contributed by atoms with Gasteiger partial charge in [0.2, 0.25) is 5.75 Å². The Morgan fingerprint density at radius 2 is 1.41 bits per heavy atom. The van der Waals surface area contributed by atoms with E-state index in [1.165, 1.54) is 27.4 Å². The van der Waals surface area contributed by atoms with Gasteiger partial charge in [0.05, 0.1) is 31.8 Å². The molecule has 9 nitrogen and oxygen atoms in total. The number of benzene rings is 2. The van der Waals surface area contributed by atoms with Gasteiger partial charge in [0.25, 0.3) is 5.69 Å². The van der Waals surface area contributed by atoms with E-state index in [-0.39, 0.29) is 5.69 Å². The first-order chi connectivity index (χ1) is 18.8. The summed E-state index contributed by atoms with van der Waals surface area (Å²) in [5, 5.41) is 11.9. The zero-order valence-corrected chi connectivity index (χ0v) is 24.3. The Bertz CT molecular complexity index is 1040. The average Bonchev–Trinajstić information content (AvgIpc) is 2.94. The van der Waals surface area contributed by atoms with Gasteiger partial charge in [0.1, 0.15) is 6.10 Å². The van der Waals surface area contributed by atoms with Crippen molar-refractivity contribution in [1.82, 2.24) is 4.90 Å². The van der Waals surface area contributed by atoms with Crippen molar-refractivity contribution in [2.45, 2.75) is 78.2 Å². The Balaban J connectivity index is 2.34. The van der Waals surface area contributed by atoms with Gasteiger partial charge in [-0.1, -0.05) is 52.4 Å². The molecule has 1 unspecified atom stereocenters. The lowest BCUT2D eigenvalue weighted by Gasteiger charge is -2.25. The van der Waals surface area contributed by atoms with Gasteiger partial charge in [-0.25, -0.2) is 4.79 Å². The number of ether oxygens (including phenoxy) is 4. The fraction of sp³-hybridized carbons (Fsp3) is 0.567. The maximum atomic E-state index is 13.2. The van der Waals surface area contributed by atoms with Crippen LogP contribution in [0.15, 0.2) is 30.3 Å². The topological polar surface area (TPSA) is 100 Å². The lowest BCUT2D eigenvalue weighted by Crippen LogP contribution is -2.34. The second-order valence-electron chi connectivity index (χ2n) is 9.58. The summed E-state index contributed by atoms with van der Waals surface area (Å²) in [5.74, 6) is 1.38. The zero-order chi connectivity index (χ0) is 28.8. The maximum absolute atomic E-state index is 13.2. The number of amides is 1. The smallest absolute Gasteiger partial charge is 0.410 e. The SMILES string of the molecule is CCCCCCN(CCCCCC)C(=O)OC(C)c1cc(-c2cc(OC)c(OC)c(OC)c2)ccc1[N+](=O)[O-]. The monoisotopic (exact) mass is 544 g/mol. The minimum atomic E-state index is -0.825. The molecule has 2 rings (SSSR count). The third-order valence-corrected chi connectivity index (χ3v) is 6.76. The summed E-state index contributed by atoms with van der Waals surface area (Å²) in [7, 11) is 4.58. The van der Waals surface area contributed by atoms with E-state index < -0.39 is 17.1 Å². The van der Waals surface area contributed by atoms with E-state index in [2.05, 4.69) is 13.8 Å². The number of rotatable bonds is 17. The summed E-state index contributed by atoms with van der Waals surface area (Å²) in [4.78, 5) is 26.4. The summed E-state index contributed by atoms with van der Waals surface area (Å²) in [6, 6.07) is 8.33. The predicted molar refractivity (Wildman–Crippen MR) is 153 cm³/mol. The number of nitrogens with zero attached hydrogens (tertiary/aromatic N) is 2. The van der Waals surface area contributed by atoms with Gasteiger partial charge in [-0.3, -0.25) is 10.1 Å². The molecule has 0 saturated carbocycles. The lowest BCUT2D eigenvalue weighted by molar-refractivity contribution is -0.386. The largest absolute Gasteiger partial charge is 0.493 e. The highest BCUT2D eigenvalue weighted by Crippen LogP contribution is 2.42. The normalized spacial score (nSPS) is 11.5. The number of nitro groups is 1. The van der Waals surface area contributed by atoms with Gasteiger partial charge >= 0.3 is 6.09 Å². The lowest BCUT2D eigenvalue weighted by atomic mass is 9.98. The molecule has 216 valence electrons. The van der Waals surface area contributed by atoms with Crippen molar-refractivity contribution in [3.8, 4) is 28.4 Å². The van der Waals surface area contributed by atoms with Crippen molar-refractivity contribution in [3.05, 3.63) is 46.0 Å². The Kier molecular flexibility index (Phi) is 13.4. The number of carbonyl (C=O) groups excluding carboxylic acids is 1. The summed E-state index contributed by atoms with van der Waals surface area (Å²) in [5.41, 5.74) is 1.61. The number of methoxy groups -OCH3 is 3. The van der Waals surface area contributed by atoms with Gasteiger partial charge in [-0.2, -0.15) is 0 Å². The van der Waals surface area contributed by atoms with Crippen LogP contribution in [0.4, 0.5) is 10.5 Å². The summed E-state index contributed by atoms with van der Waals surface area (Å²) in [6.45, 7) is 7.21. The molecule has 39 heavy (non-hydrogen) atoms. The fourth-order valence-corrected chi connectivity index (χ4v) is 4.52. The first-order valence-corrected chi connectivity index (χ1v) is 13.8. The molecule has 0 aliphatic heterocycles. The minimum Gasteiger partial charge on any atom is -0.493 e. The van der Waals surface area contributed by atoms with Crippen LogP contribution >= 0.6 is 0 Å². The highest BCUT2D eigenvalue weighted by molar-refractivity contribution is 5.73. The van der Waals surface area contributed by atoms with Gasteiger partial charge in [0, 0.05) is 19.2 Å². The molecule has 0 aromatic heterocycles. The fourth-order valence-electron chi connectivity index (χ4n) is 4.52. The van der Waals surface area contributed by atoms with Crippen LogP contribution in [0.5, 0.6) is 17.2 Å². The van der Waals surface area contributed by atoms with Crippen LogP contribution in [0.3, 0.4) is 0 Å². The van der Waals surface area contributed by atoms with Gasteiger partial charge in [-0.05, 0) is 55.2 Å². The molecule has 0 fully saturated rings. The van der Waals surface area contributed by atoms with Gasteiger partial charge in [0.15, 0.2) is 11.5 Å². The third-order valence-electron chi connectivity index (χ3n) is 6.76. The molecule has 2 aromatic rings. The molecular weight excluding hydrogens is 500 g/mol. The molecule has 0 heterocycles. The third kappa shape index (κ3) is 9.04. The minimum absolute atomic E-state index is 0.107. The Morgan fingerprint density at radius 1 is 0.846 bits per heavy atom. The van der Waals surface area contributed by atoms with Gasteiger partial charge in [-0.15, -0.1) is 0 Å². The standard InChI is InChI=1S/C30H44N2O7/c1-7-9-11-13-17-31(18-14-12-10-8-2)30(33)39-22(3)25-19-23(15-16-26(25)32(34)35)24-20-27(36-4)29(38-6)28(21-24)37-5/h15-16,19-22H,7-14,17-18H2,1-6H3. The first kappa shape index (κ1) is 31.7. The van der Waals surface area contributed by atoms with Crippen molar-refractivity contribution in [2.75, 3.05) is 34.4 Å². The molecule has 0 N–H and O–H groups in total. The molecule has 0 saturated heterocycles. The molecule has 0 radical (unpaired) electrons. The number of unbranched alkanes of at least 4 members (excludes halogenated alkanes) is 6. The van der Waals surface area contributed by atoms with E-state index in [4.69, 9.17) is 18.9 Å². The number of hydrogen-bond donors (Lipinski definition) is 0. The predicted octanol–water partition coefficient (Wildman–Crippen LogP) is 7.95. The van der Waals surface area contributed by atoms with Crippen LogP contribution in [0.25, 0.3) is 11.1 Å². The van der Waals surface area contributed by atoms with Crippen LogP contribution in [0.2, 0.25) is 0 Å². The van der Waals surface area contributed by atoms with E-state index in [1.54, 1.807) is 36.1 Å². The van der Waals surface area contributed by atoms with Crippen molar-refractivity contribution in [3.63, 3.8) is 0 Å². The Hall–Kier alpha value is -3.49. The molecule has 1 atom stereocenters. The van der Waals surface area contributed by atoms with Crippen molar-refractivity contribution >= 4 is 11.8 Å². The molecule has 0 aliphatic rings. The Morgan fingerprint density at radius 3 is 1.87 bits per heavy atom. The van der Waals surface area contributed by atoms with Crippen molar-refractivity contribution in [2.24, 2.45) is 0 Å². The summed E-state index contributed by atoms with van der Waals surface area (Å²) in [6.07, 6.45) is 7.11. The second-order valence-corrected chi connectivity index (χ2v) is 9.58. The molecule has 0 aliphatic carbocycles. The molecule has 2 aromatic carbocycles. The van der Waals surface area contributed by atoms with Gasteiger partial charge < -0.3 is 23.8 Å². The van der Waals surface area contributed by atoms with Crippen LogP contribution in [-0.4, -0.2) is 50.3 Å². The van der Waals surface area contributed by atoms with E-state index in [0.717, 1.165) is 51.4 Å². The number of nitro benzene ring substituents is 1. The first-order valence-electron chi connectivity index (χ1n) is 13.8. The zero-order valence-electron chi connectivity index (χ0n) is 24.3. The van der Waals surface area contributed by atoms with Crippen LogP contribution in [0, 0.1) is 10.1 Å². The van der Waals surface area contributed by atoms with Crippen LogP contribution in [-0.2, 0) is 4.74 Å². The average molecular weight is 545 g/mol. The van der Waals surface area contributed by atoms with E-state index in [9.17, 15) is 14.9 Å². The quantitative estimate of drug-likeness (QED) is 0.113. The Labute approximate surface area is 232 Å². The highest BCUT2D eigenvalue weighted by Gasteiger charge is 2.26. The van der Waals surface area contributed by atoms with Crippen molar-refractivity contribution in [1.29, 1.82) is 0 Å². The van der Waals surface area contributed by atoms with Crippen LogP contribution < -0.4 is 14.2 Å². The summed E-state index contributed by atoms with van der Waals surface area (Å²) < 4.78 is 22.2. The second kappa shape index (κ2) is 16.5. The number of hydrogen-bond acceptors (Lipinski definition) is 7. The maximum Gasteiger partial charge on any atom is 0.410 e. The number of carbonyl (C=O) groups is 1. The molecular formula is C30H44N2O7. The van der Waals surface area contributed by atoms with E-state index in [0.29, 0.717) is 47.0 Å². The molecule has 1 amide bonds. The van der Waals surface area contributed by atoms with Crippen molar-refractivity contribution < 1.29 is 28.7 Å². The molecule has 0 spiro atoms. The van der Waals surface area contributed by atoms with E-state index >= 15 is 0 Å². The molecule has 0 bridgehead atoms. The molecule has 9 heteroatoms. The highest BCUT2D eigenvalue weighted by atomic mass is 16.6. The summed E-state index contributed by atoms with van der Waals surface area (Å²) >= 11 is 0. The van der Waals surface area contributed by atoms with Crippen LogP contribution in [0.1, 0.15) is 83.8 Å². The van der Waals surface area contributed by atoms with E-state index in [1.807, 2.05) is 0 Å².